The summed E-state index contributed by atoms with van der Waals surface area (Å²) in [7, 11) is -2.37. The number of aliphatic hydroxyl groups excluding tert-OH is 1. The molecule has 7 heteroatoms. The van der Waals surface area contributed by atoms with E-state index in [0.717, 1.165) is 4.31 Å². The number of para-hydroxylation sites is 1. The number of benzene rings is 1. The molecule has 0 radical (unpaired) electrons. The van der Waals surface area contributed by atoms with E-state index in [1.165, 1.54) is 29.6 Å². The fourth-order valence-electron chi connectivity index (χ4n) is 2.33. The molecule has 1 aliphatic heterocycles. The van der Waals surface area contributed by atoms with Gasteiger partial charge in [0.15, 0.2) is 0 Å². The Morgan fingerprint density at radius 2 is 1.95 bits per heavy atom. The number of aliphatic hydroxyl groups is 1. The molecule has 1 N–H and O–H groups in total. The average molecular weight is 302 g/mol. The maximum atomic E-state index is 13.7. The molecular formula is C13H19FN2O3S. The van der Waals surface area contributed by atoms with Crippen molar-refractivity contribution in [3.8, 4) is 0 Å². The van der Waals surface area contributed by atoms with Crippen molar-refractivity contribution in [2.24, 2.45) is 5.92 Å². The topological polar surface area (TPSA) is 60.9 Å². The van der Waals surface area contributed by atoms with Crippen molar-refractivity contribution in [1.29, 1.82) is 0 Å². The SMILES string of the molecule is CN(c1ccccc1F)S(=O)(=O)N1CCC(CO)CC1. The average Bonchev–Trinajstić information content (AvgIpc) is 2.47. The highest BCUT2D eigenvalue weighted by molar-refractivity contribution is 7.90. The summed E-state index contributed by atoms with van der Waals surface area (Å²) in [5, 5.41) is 9.08. The first-order valence-corrected chi connectivity index (χ1v) is 7.96. The number of hydrogen-bond donors (Lipinski definition) is 1. The van der Waals surface area contributed by atoms with Gasteiger partial charge in [0, 0.05) is 26.7 Å². The summed E-state index contributed by atoms with van der Waals surface area (Å²) < 4.78 is 40.9. The third kappa shape index (κ3) is 2.94. The minimum Gasteiger partial charge on any atom is -0.396 e. The third-order valence-corrected chi connectivity index (χ3v) is 5.60. The molecule has 1 aliphatic rings. The van der Waals surface area contributed by atoms with Gasteiger partial charge in [0.2, 0.25) is 0 Å². The highest BCUT2D eigenvalue weighted by atomic mass is 32.2. The Morgan fingerprint density at radius 1 is 1.35 bits per heavy atom. The summed E-state index contributed by atoms with van der Waals surface area (Å²) in [6.07, 6.45) is 1.25. The molecule has 1 saturated heterocycles. The molecule has 0 bridgehead atoms. The molecular weight excluding hydrogens is 283 g/mol. The molecule has 0 spiro atoms. The van der Waals surface area contributed by atoms with Crippen LogP contribution in [0.15, 0.2) is 24.3 Å². The zero-order valence-electron chi connectivity index (χ0n) is 11.4. The van der Waals surface area contributed by atoms with E-state index >= 15 is 0 Å². The Hall–Kier alpha value is -1.18. The van der Waals surface area contributed by atoms with E-state index in [-0.39, 0.29) is 18.2 Å². The summed E-state index contributed by atoms with van der Waals surface area (Å²) in [5.74, 6) is -0.413. The van der Waals surface area contributed by atoms with Gasteiger partial charge in [0.1, 0.15) is 5.82 Å². The maximum Gasteiger partial charge on any atom is 0.303 e. The molecule has 0 aromatic heterocycles. The van der Waals surface area contributed by atoms with Gasteiger partial charge < -0.3 is 5.11 Å². The number of rotatable bonds is 4. The van der Waals surface area contributed by atoms with Gasteiger partial charge in [-0.2, -0.15) is 12.7 Å². The fraction of sp³-hybridized carbons (Fsp3) is 0.538. The smallest absolute Gasteiger partial charge is 0.303 e. The molecule has 1 heterocycles. The zero-order chi connectivity index (χ0) is 14.8. The minimum absolute atomic E-state index is 0.0387. The van der Waals surface area contributed by atoms with Crippen molar-refractivity contribution in [3.05, 3.63) is 30.1 Å². The first-order chi connectivity index (χ1) is 9.46. The van der Waals surface area contributed by atoms with E-state index in [1.54, 1.807) is 6.07 Å². The van der Waals surface area contributed by atoms with E-state index < -0.39 is 16.0 Å². The second kappa shape index (κ2) is 6.07. The van der Waals surface area contributed by atoms with Crippen molar-refractivity contribution >= 4 is 15.9 Å². The lowest BCUT2D eigenvalue weighted by Gasteiger charge is -2.33. The number of piperidine rings is 1. The maximum absolute atomic E-state index is 13.7. The standard InChI is InChI=1S/C13H19FN2O3S/c1-15(13-5-3-2-4-12(13)14)20(18,19)16-8-6-11(10-17)7-9-16/h2-5,11,17H,6-10H2,1H3. The summed E-state index contributed by atoms with van der Waals surface area (Å²) in [4.78, 5) is 0. The first kappa shape index (κ1) is 15.2. The van der Waals surface area contributed by atoms with Crippen LogP contribution < -0.4 is 4.31 Å². The quantitative estimate of drug-likeness (QED) is 0.909. The Kier molecular flexibility index (Phi) is 4.62. The van der Waals surface area contributed by atoms with Crippen LogP contribution in [0, 0.1) is 11.7 Å². The Bertz CT molecular complexity index is 556. The molecule has 5 nitrogen and oxygen atoms in total. The summed E-state index contributed by atoms with van der Waals surface area (Å²) >= 11 is 0. The van der Waals surface area contributed by atoms with Gasteiger partial charge in [-0.25, -0.2) is 4.39 Å². The highest BCUT2D eigenvalue weighted by Gasteiger charge is 2.31. The van der Waals surface area contributed by atoms with Crippen LogP contribution in [0.4, 0.5) is 10.1 Å². The number of nitrogens with zero attached hydrogens (tertiary/aromatic N) is 2. The van der Waals surface area contributed by atoms with E-state index in [0.29, 0.717) is 25.9 Å². The van der Waals surface area contributed by atoms with E-state index in [2.05, 4.69) is 0 Å². The molecule has 112 valence electrons. The lowest BCUT2D eigenvalue weighted by molar-refractivity contribution is 0.170. The van der Waals surface area contributed by atoms with Crippen LogP contribution in [-0.4, -0.2) is 44.6 Å². The highest BCUT2D eigenvalue weighted by Crippen LogP contribution is 2.25. The van der Waals surface area contributed by atoms with Crippen LogP contribution in [0.5, 0.6) is 0 Å². The lowest BCUT2D eigenvalue weighted by Crippen LogP contribution is -2.46. The normalized spacial score (nSPS) is 18.1. The van der Waals surface area contributed by atoms with Gasteiger partial charge in [0.25, 0.3) is 0 Å². The molecule has 20 heavy (non-hydrogen) atoms. The molecule has 1 aromatic rings. The third-order valence-electron chi connectivity index (χ3n) is 3.70. The predicted octanol–water partition coefficient (Wildman–Crippen LogP) is 1.21. The van der Waals surface area contributed by atoms with Crippen LogP contribution in [0.1, 0.15) is 12.8 Å². The molecule has 1 aromatic carbocycles. The number of anilines is 1. The van der Waals surface area contributed by atoms with Crippen molar-refractivity contribution < 1.29 is 17.9 Å². The Labute approximate surface area is 118 Å². The summed E-state index contributed by atoms with van der Waals surface area (Å²) in [6.45, 7) is 0.787. The van der Waals surface area contributed by atoms with E-state index in [1.807, 2.05) is 0 Å². The molecule has 0 atom stereocenters. The van der Waals surface area contributed by atoms with Gasteiger partial charge >= 0.3 is 10.2 Å². The second-order valence-electron chi connectivity index (χ2n) is 4.95. The molecule has 0 aliphatic carbocycles. The van der Waals surface area contributed by atoms with Crippen molar-refractivity contribution in [3.63, 3.8) is 0 Å². The van der Waals surface area contributed by atoms with Gasteiger partial charge in [-0.1, -0.05) is 12.1 Å². The monoisotopic (exact) mass is 302 g/mol. The van der Waals surface area contributed by atoms with Gasteiger partial charge in [0.05, 0.1) is 5.69 Å². The predicted molar refractivity (Wildman–Crippen MR) is 75.1 cm³/mol. The van der Waals surface area contributed by atoms with Crippen LogP contribution in [0.2, 0.25) is 0 Å². The lowest BCUT2D eigenvalue weighted by atomic mass is 10.00. The Morgan fingerprint density at radius 3 is 2.50 bits per heavy atom. The van der Waals surface area contributed by atoms with Crippen LogP contribution in [0.25, 0.3) is 0 Å². The molecule has 0 amide bonds. The summed E-state index contributed by atoms with van der Waals surface area (Å²) in [6, 6.07) is 5.79. The van der Waals surface area contributed by atoms with Gasteiger partial charge in [-0.3, -0.25) is 4.31 Å². The van der Waals surface area contributed by atoms with Crippen LogP contribution >= 0.6 is 0 Å². The Balaban J connectivity index is 2.17. The van der Waals surface area contributed by atoms with Crippen LogP contribution in [-0.2, 0) is 10.2 Å². The van der Waals surface area contributed by atoms with Gasteiger partial charge in [-0.05, 0) is 30.9 Å². The molecule has 0 saturated carbocycles. The van der Waals surface area contributed by atoms with Gasteiger partial charge in [-0.15, -0.1) is 0 Å². The summed E-state index contributed by atoms with van der Waals surface area (Å²) in [5.41, 5.74) is 0.0387. The van der Waals surface area contributed by atoms with Crippen LogP contribution in [0.3, 0.4) is 0 Å². The first-order valence-electron chi connectivity index (χ1n) is 6.56. The molecule has 0 unspecified atom stereocenters. The van der Waals surface area contributed by atoms with E-state index in [9.17, 15) is 12.8 Å². The number of hydrogen-bond acceptors (Lipinski definition) is 3. The zero-order valence-corrected chi connectivity index (χ0v) is 12.2. The molecule has 2 rings (SSSR count). The number of halogens is 1. The second-order valence-corrected chi connectivity index (χ2v) is 6.91. The molecule has 1 fully saturated rings. The van der Waals surface area contributed by atoms with Crippen molar-refractivity contribution in [2.45, 2.75) is 12.8 Å². The van der Waals surface area contributed by atoms with Crippen molar-refractivity contribution in [1.82, 2.24) is 4.31 Å². The van der Waals surface area contributed by atoms with E-state index in [4.69, 9.17) is 5.11 Å². The largest absolute Gasteiger partial charge is 0.396 e. The van der Waals surface area contributed by atoms with Crippen molar-refractivity contribution in [2.75, 3.05) is 31.0 Å². The fourth-order valence-corrected chi connectivity index (χ4v) is 3.74. The minimum atomic E-state index is -3.72.